The molecule has 0 unspecified atom stereocenters. The normalized spacial score (nSPS) is 17.1. The lowest BCUT2D eigenvalue weighted by atomic mass is 10.0. The third-order valence-electron chi connectivity index (χ3n) is 5.37. The highest BCUT2D eigenvalue weighted by Crippen LogP contribution is 2.38. The van der Waals surface area contributed by atoms with Gasteiger partial charge in [0, 0.05) is 43.5 Å². The predicted molar refractivity (Wildman–Crippen MR) is 113 cm³/mol. The molecule has 0 bridgehead atoms. The molecule has 1 fully saturated rings. The Morgan fingerprint density at radius 1 is 1.10 bits per heavy atom. The zero-order valence-corrected chi connectivity index (χ0v) is 17.7. The molecule has 0 aromatic carbocycles. The van der Waals surface area contributed by atoms with E-state index in [9.17, 15) is 18.3 Å². The van der Waals surface area contributed by atoms with E-state index in [1.165, 1.54) is 18.7 Å². The molecule has 0 aliphatic carbocycles. The van der Waals surface area contributed by atoms with Gasteiger partial charge in [-0.15, -0.1) is 0 Å². The average Bonchev–Trinajstić information content (AvgIpc) is 2.71. The third kappa shape index (κ3) is 4.98. The van der Waals surface area contributed by atoms with Gasteiger partial charge in [-0.2, -0.15) is 13.2 Å². The van der Waals surface area contributed by atoms with Crippen LogP contribution in [0.1, 0.15) is 44.4 Å². The Bertz CT molecular complexity index is 961. The molecule has 0 atom stereocenters. The lowest BCUT2D eigenvalue weighted by Gasteiger charge is -2.33. The highest BCUT2D eigenvalue weighted by Gasteiger charge is 2.32. The van der Waals surface area contributed by atoms with Crippen LogP contribution < -0.4 is 4.90 Å². The van der Waals surface area contributed by atoms with Gasteiger partial charge in [0.1, 0.15) is 11.4 Å². The van der Waals surface area contributed by atoms with Gasteiger partial charge < -0.3 is 14.9 Å². The summed E-state index contributed by atoms with van der Waals surface area (Å²) >= 11 is 0. The lowest BCUT2D eigenvalue weighted by molar-refractivity contribution is -0.141. The largest absolute Gasteiger partial charge is 0.433 e. The number of anilines is 1. The molecule has 2 aromatic heterocycles. The van der Waals surface area contributed by atoms with Crippen LogP contribution in [-0.2, 0) is 12.7 Å². The van der Waals surface area contributed by atoms with Crippen molar-refractivity contribution in [3.8, 4) is 11.3 Å². The Morgan fingerprint density at radius 2 is 1.84 bits per heavy atom. The van der Waals surface area contributed by atoms with Crippen molar-refractivity contribution in [1.82, 2.24) is 14.9 Å². The molecule has 0 amide bonds. The Balaban J connectivity index is 1.73. The van der Waals surface area contributed by atoms with Gasteiger partial charge in [0.15, 0.2) is 5.82 Å². The Kier molecular flexibility index (Phi) is 5.63. The van der Waals surface area contributed by atoms with E-state index in [4.69, 9.17) is 4.98 Å². The molecule has 6 nitrogen and oxygen atoms in total. The molecule has 4 rings (SSSR count). The van der Waals surface area contributed by atoms with Crippen LogP contribution in [0.3, 0.4) is 0 Å². The molecule has 2 aliphatic heterocycles. The maximum Gasteiger partial charge on any atom is 0.433 e. The first-order valence-electron chi connectivity index (χ1n) is 10.4. The SMILES string of the molecule is CC(C)(O)CN1C=Nc2c(cc(-c3ccc(C(F)(F)F)nc3)nc2N2CCCCC2)C1. The molecule has 2 aromatic rings. The van der Waals surface area contributed by atoms with Crippen LogP contribution in [0.25, 0.3) is 11.3 Å². The highest BCUT2D eigenvalue weighted by molar-refractivity contribution is 5.79. The number of aliphatic imine (C=N–C) groups is 1. The van der Waals surface area contributed by atoms with Crippen LogP contribution in [0.4, 0.5) is 24.7 Å². The van der Waals surface area contributed by atoms with Gasteiger partial charge >= 0.3 is 6.18 Å². The van der Waals surface area contributed by atoms with Crippen molar-refractivity contribution in [1.29, 1.82) is 0 Å². The summed E-state index contributed by atoms with van der Waals surface area (Å²) < 4.78 is 38.7. The first-order valence-corrected chi connectivity index (χ1v) is 10.4. The third-order valence-corrected chi connectivity index (χ3v) is 5.37. The second-order valence-corrected chi connectivity index (χ2v) is 8.78. The summed E-state index contributed by atoms with van der Waals surface area (Å²) in [7, 11) is 0. The molecule has 2 aliphatic rings. The van der Waals surface area contributed by atoms with Crippen LogP contribution >= 0.6 is 0 Å². The van der Waals surface area contributed by atoms with Crippen molar-refractivity contribution in [2.75, 3.05) is 24.5 Å². The van der Waals surface area contributed by atoms with Gasteiger partial charge in [-0.1, -0.05) is 0 Å². The summed E-state index contributed by atoms with van der Waals surface area (Å²) in [5, 5.41) is 10.2. The predicted octanol–water partition coefficient (Wildman–Crippen LogP) is 4.40. The minimum Gasteiger partial charge on any atom is -0.389 e. The smallest absolute Gasteiger partial charge is 0.389 e. The fraction of sp³-hybridized carbons (Fsp3) is 0.500. The molecule has 1 N–H and O–H groups in total. The van der Waals surface area contributed by atoms with Crippen molar-refractivity contribution in [3.63, 3.8) is 0 Å². The zero-order chi connectivity index (χ0) is 22.2. The lowest BCUT2D eigenvalue weighted by Crippen LogP contribution is -2.38. The number of pyridine rings is 2. The number of piperidine rings is 1. The molecule has 166 valence electrons. The van der Waals surface area contributed by atoms with Crippen molar-refractivity contribution in [2.45, 2.75) is 51.4 Å². The maximum absolute atomic E-state index is 12.9. The first kappa shape index (κ1) is 21.5. The molecule has 1 saturated heterocycles. The minimum absolute atomic E-state index is 0.411. The van der Waals surface area contributed by atoms with E-state index in [1.54, 1.807) is 20.2 Å². The van der Waals surface area contributed by atoms with Crippen LogP contribution in [0.15, 0.2) is 29.4 Å². The van der Waals surface area contributed by atoms with E-state index >= 15 is 0 Å². The summed E-state index contributed by atoms with van der Waals surface area (Å²) in [4.78, 5) is 17.2. The topological polar surface area (TPSA) is 64.8 Å². The van der Waals surface area contributed by atoms with Gasteiger partial charge in [0.05, 0.1) is 17.6 Å². The number of hydrogen-bond donors (Lipinski definition) is 1. The van der Waals surface area contributed by atoms with E-state index in [1.807, 2.05) is 11.0 Å². The van der Waals surface area contributed by atoms with Crippen LogP contribution in [0, 0.1) is 0 Å². The van der Waals surface area contributed by atoms with Crippen molar-refractivity contribution >= 4 is 17.8 Å². The van der Waals surface area contributed by atoms with Gasteiger partial charge in [0.25, 0.3) is 0 Å². The average molecular weight is 433 g/mol. The minimum atomic E-state index is -4.48. The summed E-state index contributed by atoms with van der Waals surface area (Å²) in [5.41, 5.74) is 1.01. The molecule has 9 heteroatoms. The molecule has 31 heavy (non-hydrogen) atoms. The Hall–Kier alpha value is -2.68. The molecule has 0 saturated carbocycles. The second-order valence-electron chi connectivity index (χ2n) is 8.78. The quantitative estimate of drug-likeness (QED) is 0.774. The summed E-state index contributed by atoms with van der Waals surface area (Å²) in [5.74, 6) is 0.756. The number of hydrogen-bond acceptors (Lipinski definition) is 6. The summed E-state index contributed by atoms with van der Waals surface area (Å²) in [6.07, 6.45) is 1.78. The standard InChI is InChI=1S/C22H26F3N5O/c1-21(2,31)13-29-12-16-10-17(15-6-7-18(26-11-15)22(23,24)25)28-20(19(16)27-14-29)30-8-4-3-5-9-30/h6-7,10-11,14,31H,3-5,8-9,12-13H2,1-2H3. The van der Waals surface area contributed by atoms with Crippen molar-refractivity contribution < 1.29 is 18.3 Å². The van der Waals surface area contributed by atoms with E-state index in [0.29, 0.717) is 24.3 Å². The second kappa shape index (κ2) is 8.11. The van der Waals surface area contributed by atoms with Gasteiger partial charge in [-0.3, -0.25) is 4.98 Å². The summed E-state index contributed by atoms with van der Waals surface area (Å²) in [6.45, 7) is 6.17. The molecular weight excluding hydrogens is 407 g/mol. The van der Waals surface area contributed by atoms with Gasteiger partial charge in [0.2, 0.25) is 0 Å². The van der Waals surface area contributed by atoms with E-state index in [0.717, 1.165) is 49.1 Å². The zero-order valence-electron chi connectivity index (χ0n) is 17.7. The number of nitrogens with zero attached hydrogens (tertiary/aromatic N) is 5. The number of halogens is 3. The van der Waals surface area contributed by atoms with Gasteiger partial charge in [-0.25, -0.2) is 9.98 Å². The van der Waals surface area contributed by atoms with Crippen molar-refractivity contribution in [2.24, 2.45) is 4.99 Å². The van der Waals surface area contributed by atoms with E-state index in [2.05, 4.69) is 14.9 Å². The molecule has 0 spiro atoms. The Morgan fingerprint density at radius 3 is 2.45 bits per heavy atom. The maximum atomic E-state index is 12.9. The van der Waals surface area contributed by atoms with E-state index in [-0.39, 0.29) is 0 Å². The van der Waals surface area contributed by atoms with E-state index < -0.39 is 17.5 Å². The number of fused-ring (bicyclic) bond motifs is 1. The number of alkyl halides is 3. The van der Waals surface area contributed by atoms with Gasteiger partial charge in [-0.05, 0) is 51.3 Å². The van der Waals surface area contributed by atoms with Crippen LogP contribution in [0.2, 0.25) is 0 Å². The van der Waals surface area contributed by atoms with Crippen LogP contribution in [-0.4, -0.2) is 51.5 Å². The Labute approximate surface area is 179 Å². The molecular formula is C22H26F3N5O. The number of aliphatic hydroxyl groups is 1. The first-order chi connectivity index (χ1) is 14.6. The number of aromatic nitrogens is 2. The number of rotatable bonds is 4. The fourth-order valence-electron chi connectivity index (χ4n) is 4.02. The summed E-state index contributed by atoms with van der Waals surface area (Å²) in [6, 6.07) is 4.25. The molecule has 4 heterocycles. The highest BCUT2D eigenvalue weighted by atomic mass is 19.4. The fourth-order valence-corrected chi connectivity index (χ4v) is 4.02. The van der Waals surface area contributed by atoms with Crippen LogP contribution in [0.5, 0.6) is 0 Å². The molecule has 0 radical (unpaired) electrons. The van der Waals surface area contributed by atoms with Crippen molar-refractivity contribution in [3.05, 3.63) is 35.7 Å². The monoisotopic (exact) mass is 433 g/mol. The number of β-amino-alcohol motifs (C(OH)–C–C–N with tert-alkyl or cyclic N) is 1.